The van der Waals surface area contributed by atoms with E-state index in [-0.39, 0.29) is 0 Å². The van der Waals surface area contributed by atoms with E-state index < -0.39 is 11.4 Å². The maximum atomic E-state index is 14.2. The number of carbonyl (C=O) groups is 1. The smallest absolute Gasteiger partial charge is 0.266 e. The molecule has 0 fully saturated rings. The van der Waals surface area contributed by atoms with Gasteiger partial charge in [-0.3, -0.25) is 4.79 Å². The van der Waals surface area contributed by atoms with E-state index in [4.69, 9.17) is 0 Å². The average molecular weight is 265 g/mol. The van der Waals surface area contributed by atoms with Crippen molar-refractivity contribution in [2.75, 3.05) is 0 Å². The Balaban J connectivity index is 2.99. The highest BCUT2D eigenvalue weighted by Gasteiger charge is 2.31. The zero-order valence-corrected chi connectivity index (χ0v) is 12.4. The number of halogens is 1. The Hall–Kier alpha value is -1.38. The fourth-order valence-corrected chi connectivity index (χ4v) is 1.83. The van der Waals surface area contributed by atoms with E-state index in [0.717, 1.165) is 24.8 Å². The van der Waals surface area contributed by atoms with Crippen LogP contribution in [0, 0.1) is 0 Å². The highest BCUT2D eigenvalue weighted by molar-refractivity contribution is 5.95. The average Bonchev–Trinajstić information content (AvgIpc) is 2.43. The summed E-state index contributed by atoms with van der Waals surface area (Å²) in [6, 6.07) is 7.31. The standard InChI is InChI=1S/C16H24FNO/c1-5-7-10-13-11-8-9-12-14(13)15(19)18(17)16(3,4)6-2/h8-9,11-12H,5-7,10H2,1-4H3. The second-order valence-corrected chi connectivity index (χ2v) is 5.51. The molecule has 0 N–H and O–H groups in total. The number of unbranched alkanes of at least 4 members (excludes halogenated alkanes) is 1. The van der Waals surface area contributed by atoms with Gasteiger partial charge in [0.15, 0.2) is 0 Å². The molecule has 0 unspecified atom stereocenters. The third kappa shape index (κ3) is 3.79. The van der Waals surface area contributed by atoms with E-state index in [9.17, 15) is 9.28 Å². The van der Waals surface area contributed by atoms with Gasteiger partial charge >= 0.3 is 0 Å². The second kappa shape index (κ2) is 6.69. The van der Waals surface area contributed by atoms with Gasteiger partial charge in [-0.2, -0.15) is 5.12 Å². The van der Waals surface area contributed by atoms with Gasteiger partial charge in [0.05, 0.1) is 5.54 Å². The van der Waals surface area contributed by atoms with Gasteiger partial charge in [-0.1, -0.05) is 42.9 Å². The van der Waals surface area contributed by atoms with Gasteiger partial charge < -0.3 is 0 Å². The van der Waals surface area contributed by atoms with E-state index in [1.165, 1.54) is 0 Å². The van der Waals surface area contributed by atoms with Gasteiger partial charge in [0, 0.05) is 5.56 Å². The van der Waals surface area contributed by atoms with Gasteiger partial charge in [-0.15, -0.1) is 0 Å². The van der Waals surface area contributed by atoms with E-state index in [2.05, 4.69) is 6.92 Å². The third-order valence-corrected chi connectivity index (χ3v) is 3.62. The van der Waals surface area contributed by atoms with Gasteiger partial charge in [0.25, 0.3) is 5.91 Å². The van der Waals surface area contributed by atoms with Crippen LogP contribution in [-0.2, 0) is 6.42 Å². The molecule has 0 aliphatic heterocycles. The molecule has 1 aromatic rings. The number of benzene rings is 1. The zero-order chi connectivity index (χ0) is 14.5. The van der Waals surface area contributed by atoms with E-state index in [1.54, 1.807) is 26.0 Å². The maximum absolute atomic E-state index is 14.2. The van der Waals surface area contributed by atoms with Crippen LogP contribution in [0.15, 0.2) is 24.3 Å². The number of rotatable bonds is 6. The summed E-state index contributed by atoms with van der Waals surface area (Å²) in [5.41, 5.74) is 0.651. The molecule has 0 saturated heterocycles. The third-order valence-electron chi connectivity index (χ3n) is 3.62. The normalized spacial score (nSPS) is 11.4. The van der Waals surface area contributed by atoms with Gasteiger partial charge in [-0.05, 0) is 44.7 Å². The van der Waals surface area contributed by atoms with Crippen molar-refractivity contribution in [2.45, 2.75) is 58.9 Å². The molecule has 1 aromatic carbocycles. The summed E-state index contributed by atoms with van der Waals surface area (Å²) >= 11 is 0. The summed E-state index contributed by atoms with van der Waals surface area (Å²) in [7, 11) is 0. The summed E-state index contributed by atoms with van der Waals surface area (Å²) in [5.74, 6) is -0.529. The highest BCUT2D eigenvalue weighted by Crippen LogP contribution is 2.23. The Morgan fingerprint density at radius 3 is 2.47 bits per heavy atom. The molecule has 2 nitrogen and oxygen atoms in total. The van der Waals surface area contributed by atoms with Crippen LogP contribution in [0.2, 0.25) is 0 Å². The van der Waals surface area contributed by atoms with Crippen molar-refractivity contribution < 1.29 is 9.28 Å². The van der Waals surface area contributed by atoms with E-state index >= 15 is 0 Å². The van der Waals surface area contributed by atoms with Crippen molar-refractivity contribution in [3.63, 3.8) is 0 Å². The van der Waals surface area contributed by atoms with Crippen LogP contribution < -0.4 is 0 Å². The van der Waals surface area contributed by atoms with Crippen molar-refractivity contribution >= 4 is 5.91 Å². The van der Waals surface area contributed by atoms with Crippen LogP contribution in [0.3, 0.4) is 0 Å². The Labute approximate surface area is 115 Å². The summed E-state index contributed by atoms with van der Waals surface area (Å²) in [4.78, 5) is 12.3. The minimum Gasteiger partial charge on any atom is -0.266 e. The fourth-order valence-electron chi connectivity index (χ4n) is 1.83. The second-order valence-electron chi connectivity index (χ2n) is 5.51. The van der Waals surface area contributed by atoms with Crippen molar-refractivity contribution in [1.29, 1.82) is 0 Å². The molecule has 0 bridgehead atoms. The van der Waals surface area contributed by atoms with Crippen molar-refractivity contribution in [1.82, 2.24) is 5.12 Å². The molecule has 0 aliphatic rings. The first-order chi connectivity index (χ1) is 8.94. The van der Waals surface area contributed by atoms with Gasteiger partial charge in [0.1, 0.15) is 0 Å². The number of aryl methyl sites for hydroxylation is 1. The molecule has 1 amide bonds. The molecule has 0 radical (unpaired) electrons. The Morgan fingerprint density at radius 1 is 1.26 bits per heavy atom. The lowest BCUT2D eigenvalue weighted by Crippen LogP contribution is -2.41. The molecule has 3 heteroatoms. The topological polar surface area (TPSA) is 20.3 Å². The van der Waals surface area contributed by atoms with Crippen LogP contribution in [0.5, 0.6) is 0 Å². The molecular formula is C16H24FNO. The molecule has 0 aliphatic carbocycles. The Kier molecular flexibility index (Phi) is 5.52. The molecule has 0 atom stereocenters. The minimum absolute atomic E-state index is 0.373. The lowest BCUT2D eigenvalue weighted by molar-refractivity contribution is -0.0408. The lowest BCUT2D eigenvalue weighted by atomic mass is 9.98. The van der Waals surface area contributed by atoms with Crippen molar-refractivity contribution in [2.24, 2.45) is 0 Å². The molecule has 106 valence electrons. The van der Waals surface area contributed by atoms with Crippen LogP contribution in [0.4, 0.5) is 4.48 Å². The molecular weight excluding hydrogens is 241 g/mol. The van der Waals surface area contributed by atoms with Gasteiger partial charge in [0.2, 0.25) is 0 Å². The largest absolute Gasteiger partial charge is 0.282 e. The van der Waals surface area contributed by atoms with Crippen LogP contribution >= 0.6 is 0 Å². The molecule has 1 rings (SSSR count). The number of nitrogens with zero attached hydrogens (tertiary/aromatic N) is 1. The Bertz CT molecular complexity index is 429. The number of carbonyl (C=O) groups excluding carboxylic acids is 1. The monoisotopic (exact) mass is 265 g/mol. The first-order valence-electron chi connectivity index (χ1n) is 7.02. The number of hydrogen-bond donors (Lipinski definition) is 0. The molecule has 19 heavy (non-hydrogen) atoms. The molecule has 0 aromatic heterocycles. The fraction of sp³-hybridized carbons (Fsp3) is 0.562. The first kappa shape index (κ1) is 15.7. The SMILES string of the molecule is CCCCc1ccccc1C(=O)N(F)C(C)(C)CC. The van der Waals surface area contributed by atoms with Gasteiger partial charge in [-0.25, -0.2) is 0 Å². The first-order valence-corrected chi connectivity index (χ1v) is 7.02. The lowest BCUT2D eigenvalue weighted by Gasteiger charge is -2.30. The predicted molar refractivity (Wildman–Crippen MR) is 76.7 cm³/mol. The summed E-state index contributed by atoms with van der Waals surface area (Å²) in [5, 5.41) is 0.373. The van der Waals surface area contributed by atoms with Crippen LogP contribution in [-0.4, -0.2) is 16.6 Å². The molecule has 0 heterocycles. The summed E-state index contributed by atoms with van der Waals surface area (Å²) in [6.45, 7) is 7.45. The number of hydrogen-bond acceptors (Lipinski definition) is 1. The summed E-state index contributed by atoms with van der Waals surface area (Å²) < 4.78 is 14.2. The van der Waals surface area contributed by atoms with Crippen molar-refractivity contribution in [3.05, 3.63) is 35.4 Å². The minimum atomic E-state index is -0.769. The summed E-state index contributed by atoms with van der Waals surface area (Å²) in [6.07, 6.45) is 3.46. The highest BCUT2D eigenvalue weighted by atomic mass is 19.2. The maximum Gasteiger partial charge on any atom is 0.282 e. The molecule has 0 spiro atoms. The number of amides is 1. The van der Waals surface area contributed by atoms with Crippen LogP contribution in [0.1, 0.15) is 62.9 Å². The molecule has 0 saturated carbocycles. The van der Waals surface area contributed by atoms with E-state index in [0.29, 0.717) is 17.1 Å². The zero-order valence-electron chi connectivity index (χ0n) is 12.4. The van der Waals surface area contributed by atoms with Crippen LogP contribution in [0.25, 0.3) is 0 Å². The predicted octanol–water partition coefficient (Wildman–Crippen LogP) is 4.54. The quantitative estimate of drug-likeness (QED) is 0.691. The van der Waals surface area contributed by atoms with Crippen molar-refractivity contribution in [3.8, 4) is 0 Å². The van der Waals surface area contributed by atoms with E-state index in [1.807, 2.05) is 19.1 Å². The Morgan fingerprint density at radius 2 is 1.89 bits per heavy atom.